The number of ether oxygens (including phenoxy) is 2. The highest BCUT2D eigenvalue weighted by Gasteiger charge is 2.21. The van der Waals surface area contributed by atoms with E-state index in [0.717, 1.165) is 38.0 Å². The molecule has 0 aromatic heterocycles. The molecule has 5 nitrogen and oxygen atoms in total. The minimum Gasteiger partial charge on any atom is -0.484 e. The number of hydrogen-bond donors (Lipinski definition) is 2. The maximum Gasteiger partial charge on any atom is 0.255 e. The second-order valence-corrected chi connectivity index (χ2v) is 5.43. The summed E-state index contributed by atoms with van der Waals surface area (Å²) in [6.07, 6.45) is 4.73. The minimum absolute atomic E-state index is 0.0918. The number of carbonyl (C=O) groups excluding carboxylic acids is 1. The highest BCUT2D eigenvalue weighted by Crippen LogP contribution is 2.22. The Morgan fingerprint density at radius 1 is 1.43 bits per heavy atom. The summed E-state index contributed by atoms with van der Waals surface area (Å²) in [5, 5.41) is 3.53. The third-order valence-electron chi connectivity index (χ3n) is 3.58. The minimum atomic E-state index is -0.471. The van der Waals surface area contributed by atoms with Crippen LogP contribution in [0.25, 0.3) is 0 Å². The van der Waals surface area contributed by atoms with Crippen molar-refractivity contribution in [3.05, 3.63) is 24.3 Å². The van der Waals surface area contributed by atoms with Gasteiger partial charge in [0.05, 0.1) is 6.10 Å². The maximum absolute atomic E-state index is 10.7. The van der Waals surface area contributed by atoms with Crippen molar-refractivity contribution in [3.63, 3.8) is 0 Å². The Balaban J connectivity index is 1.83. The van der Waals surface area contributed by atoms with E-state index in [1.54, 1.807) is 0 Å². The third-order valence-corrected chi connectivity index (χ3v) is 3.58. The van der Waals surface area contributed by atoms with Crippen LogP contribution in [0.15, 0.2) is 24.3 Å². The van der Waals surface area contributed by atoms with Crippen LogP contribution >= 0.6 is 0 Å². The Morgan fingerprint density at radius 3 is 2.86 bits per heavy atom. The fraction of sp³-hybridized carbons (Fsp3) is 0.562. The van der Waals surface area contributed by atoms with Gasteiger partial charge in [0.2, 0.25) is 0 Å². The molecule has 3 N–H and O–H groups in total. The largest absolute Gasteiger partial charge is 0.484 e. The molecule has 1 aromatic carbocycles. The molecule has 1 amide bonds. The zero-order valence-corrected chi connectivity index (χ0v) is 12.5. The Morgan fingerprint density at radius 2 is 2.19 bits per heavy atom. The van der Waals surface area contributed by atoms with Gasteiger partial charge in [-0.2, -0.15) is 0 Å². The van der Waals surface area contributed by atoms with E-state index in [-0.39, 0.29) is 6.61 Å². The molecule has 0 saturated carbocycles. The molecule has 2 rings (SSSR count). The molecule has 0 aliphatic carbocycles. The lowest BCUT2D eigenvalue weighted by atomic mass is 10.00. The first-order chi connectivity index (χ1) is 10.2. The molecule has 2 unspecified atom stereocenters. The van der Waals surface area contributed by atoms with Gasteiger partial charge in [0.1, 0.15) is 5.75 Å². The molecule has 0 spiro atoms. The Kier molecular flexibility index (Phi) is 5.87. The summed E-state index contributed by atoms with van der Waals surface area (Å²) in [5.41, 5.74) is 6.10. The topological polar surface area (TPSA) is 73.6 Å². The summed E-state index contributed by atoms with van der Waals surface area (Å²) in [7, 11) is 0. The van der Waals surface area contributed by atoms with Crippen molar-refractivity contribution < 1.29 is 14.3 Å². The van der Waals surface area contributed by atoms with Gasteiger partial charge in [-0.3, -0.25) is 4.79 Å². The van der Waals surface area contributed by atoms with Crippen LogP contribution in [0.5, 0.6) is 5.75 Å². The van der Waals surface area contributed by atoms with Gasteiger partial charge in [0.25, 0.3) is 5.91 Å². The van der Waals surface area contributed by atoms with Crippen LogP contribution in [0.2, 0.25) is 0 Å². The number of amides is 1. The highest BCUT2D eigenvalue weighted by molar-refractivity contribution is 5.75. The molecule has 1 saturated heterocycles. The normalized spacial score (nSPS) is 21.8. The lowest BCUT2D eigenvalue weighted by Crippen LogP contribution is -2.33. The summed E-state index contributed by atoms with van der Waals surface area (Å²) >= 11 is 0. The SMILES string of the molecule is CCCC1CC(Nc2ccc(OCC(N)=O)cc2)CCO1. The molecule has 0 radical (unpaired) electrons. The zero-order chi connectivity index (χ0) is 15.1. The van der Waals surface area contributed by atoms with E-state index >= 15 is 0 Å². The van der Waals surface area contributed by atoms with Crippen LogP contribution in [-0.4, -0.2) is 31.3 Å². The number of benzene rings is 1. The molecule has 0 bridgehead atoms. The van der Waals surface area contributed by atoms with E-state index in [2.05, 4.69) is 12.2 Å². The van der Waals surface area contributed by atoms with Gasteiger partial charge in [-0.05, 0) is 43.5 Å². The average molecular weight is 292 g/mol. The predicted molar refractivity (Wildman–Crippen MR) is 82.4 cm³/mol. The predicted octanol–water partition coefficient (Wildman–Crippen LogP) is 2.31. The number of nitrogens with two attached hydrogens (primary N) is 1. The van der Waals surface area contributed by atoms with Crippen LogP contribution in [0.1, 0.15) is 32.6 Å². The molecule has 2 atom stereocenters. The monoisotopic (exact) mass is 292 g/mol. The van der Waals surface area contributed by atoms with Crippen LogP contribution in [0, 0.1) is 0 Å². The lowest BCUT2D eigenvalue weighted by molar-refractivity contribution is -0.119. The van der Waals surface area contributed by atoms with Crippen LogP contribution in [-0.2, 0) is 9.53 Å². The molecule has 1 aromatic rings. The number of rotatable bonds is 7. The van der Waals surface area contributed by atoms with E-state index in [4.69, 9.17) is 15.2 Å². The van der Waals surface area contributed by atoms with Gasteiger partial charge in [-0.1, -0.05) is 13.3 Å². The van der Waals surface area contributed by atoms with Gasteiger partial charge in [-0.15, -0.1) is 0 Å². The van der Waals surface area contributed by atoms with E-state index in [1.807, 2.05) is 24.3 Å². The molecule has 21 heavy (non-hydrogen) atoms. The van der Waals surface area contributed by atoms with E-state index in [0.29, 0.717) is 17.9 Å². The first kappa shape index (κ1) is 15.6. The third kappa shape index (κ3) is 5.27. The smallest absolute Gasteiger partial charge is 0.255 e. The standard InChI is InChI=1S/C16H24N2O3/c1-2-3-15-10-13(8-9-20-15)18-12-4-6-14(7-5-12)21-11-16(17)19/h4-7,13,15,18H,2-3,8-11H2,1H3,(H2,17,19). The van der Waals surface area contributed by atoms with Gasteiger partial charge >= 0.3 is 0 Å². The van der Waals surface area contributed by atoms with Crippen molar-refractivity contribution in [3.8, 4) is 5.75 Å². The second kappa shape index (κ2) is 7.88. The summed E-state index contributed by atoms with van der Waals surface area (Å²) < 4.78 is 11.0. The quantitative estimate of drug-likeness (QED) is 0.809. The highest BCUT2D eigenvalue weighted by atomic mass is 16.5. The molecular formula is C16H24N2O3. The molecular weight excluding hydrogens is 268 g/mol. The maximum atomic E-state index is 10.7. The summed E-state index contributed by atoms with van der Waals surface area (Å²) in [5.74, 6) is 0.177. The number of nitrogens with one attached hydrogen (secondary N) is 1. The second-order valence-electron chi connectivity index (χ2n) is 5.43. The Bertz CT molecular complexity index is 445. The van der Waals surface area contributed by atoms with Crippen molar-refractivity contribution in [1.82, 2.24) is 0 Å². The van der Waals surface area contributed by atoms with Crippen LogP contribution in [0.3, 0.4) is 0 Å². The molecule has 5 heteroatoms. The first-order valence-corrected chi connectivity index (χ1v) is 7.56. The fourth-order valence-electron chi connectivity index (χ4n) is 2.57. The number of anilines is 1. The molecule has 1 heterocycles. The summed E-state index contributed by atoms with van der Waals surface area (Å²) in [6.45, 7) is 2.92. The van der Waals surface area contributed by atoms with Crippen molar-refractivity contribution in [2.75, 3.05) is 18.5 Å². The van der Waals surface area contributed by atoms with Crippen molar-refractivity contribution >= 4 is 11.6 Å². The Labute approximate surface area is 125 Å². The van der Waals surface area contributed by atoms with Gasteiger partial charge < -0.3 is 20.5 Å². The summed E-state index contributed by atoms with van der Waals surface area (Å²) in [4.78, 5) is 10.7. The number of carbonyl (C=O) groups is 1. The molecule has 116 valence electrons. The van der Waals surface area contributed by atoms with E-state index in [1.165, 1.54) is 0 Å². The zero-order valence-electron chi connectivity index (χ0n) is 12.5. The van der Waals surface area contributed by atoms with E-state index < -0.39 is 5.91 Å². The van der Waals surface area contributed by atoms with Crippen molar-refractivity contribution in [1.29, 1.82) is 0 Å². The molecule has 1 aliphatic rings. The fourth-order valence-corrected chi connectivity index (χ4v) is 2.57. The molecule has 1 fully saturated rings. The van der Waals surface area contributed by atoms with Gasteiger partial charge in [0.15, 0.2) is 6.61 Å². The van der Waals surface area contributed by atoms with Crippen LogP contribution in [0.4, 0.5) is 5.69 Å². The summed E-state index contributed by atoms with van der Waals surface area (Å²) in [6, 6.07) is 8.05. The first-order valence-electron chi connectivity index (χ1n) is 7.56. The number of hydrogen-bond acceptors (Lipinski definition) is 4. The Hall–Kier alpha value is -1.75. The number of primary amides is 1. The van der Waals surface area contributed by atoms with Gasteiger partial charge in [0, 0.05) is 18.3 Å². The lowest BCUT2D eigenvalue weighted by Gasteiger charge is -2.30. The van der Waals surface area contributed by atoms with E-state index in [9.17, 15) is 4.79 Å². The average Bonchev–Trinajstić information content (AvgIpc) is 2.47. The van der Waals surface area contributed by atoms with Crippen molar-refractivity contribution in [2.45, 2.75) is 44.8 Å². The van der Waals surface area contributed by atoms with Gasteiger partial charge in [-0.25, -0.2) is 0 Å². The van der Waals surface area contributed by atoms with Crippen LogP contribution < -0.4 is 15.8 Å². The van der Waals surface area contributed by atoms with Crippen molar-refractivity contribution in [2.24, 2.45) is 5.73 Å². The molecule has 1 aliphatic heterocycles.